The predicted molar refractivity (Wildman–Crippen MR) is 59.8 cm³/mol. The van der Waals surface area contributed by atoms with Crippen molar-refractivity contribution in [2.45, 2.75) is 13.1 Å². The van der Waals surface area contributed by atoms with Crippen molar-refractivity contribution in [2.24, 2.45) is 0 Å². The number of rotatable bonds is 5. The SMILES string of the molecule is FCCn1nccc1NCc1ccc(F)s1. The zero-order valence-corrected chi connectivity index (χ0v) is 9.31. The van der Waals surface area contributed by atoms with Crippen LogP contribution in [-0.2, 0) is 13.1 Å². The number of aromatic nitrogens is 2. The van der Waals surface area contributed by atoms with Gasteiger partial charge in [-0.15, -0.1) is 11.3 Å². The Kier molecular flexibility index (Phi) is 3.51. The number of hydrogen-bond acceptors (Lipinski definition) is 3. The lowest BCUT2D eigenvalue weighted by Gasteiger charge is -2.06. The molecule has 0 bridgehead atoms. The van der Waals surface area contributed by atoms with Crippen molar-refractivity contribution in [2.75, 3.05) is 12.0 Å². The van der Waals surface area contributed by atoms with Gasteiger partial charge in [0, 0.05) is 10.9 Å². The van der Waals surface area contributed by atoms with Gasteiger partial charge in [0.1, 0.15) is 12.5 Å². The van der Waals surface area contributed by atoms with Gasteiger partial charge < -0.3 is 5.32 Å². The van der Waals surface area contributed by atoms with Gasteiger partial charge in [-0.25, -0.2) is 9.07 Å². The maximum absolute atomic E-state index is 12.7. The number of hydrogen-bond donors (Lipinski definition) is 1. The van der Waals surface area contributed by atoms with Crippen LogP contribution in [0.4, 0.5) is 14.6 Å². The zero-order valence-electron chi connectivity index (χ0n) is 8.49. The van der Waals surface area contributed by atoms with Gasteiger partial charge in [0.05, 0.1) is 19.3 Å². The molecule has 0 saturated carbocycles. The molecule has 16 heavy (non-hydrogen) atoms. The molecule has 2 aromatic heterocycles. The van der Waals surface area contributed by atoms with E-state index < -0.39 is 6.67 Å². The van der Waals surface area contributed by atoms with Crippen LogP contribution in [0.15, 0.2) is 24.4 Å². The fraction of sp³-hybridized carbons (Fsp3) is 0.300. The Labute approximate surface area is 95.7 Å². The summed E-state index contributed by atoms with van der Waals surface area (Å²) < 4.78 is 26.4. The normalized spacial score (nSPS) is 10.6. The van der Waals surface area contributed by atoms with Crippen LogP contribution in [0.25, 0.3) is 0 Å². The Bertz CT molecular complexity index is 452. The fourth-order valence-corrected chi connectivity index (χ4v) is 2.03. The van der Waals surface area contributed by atoms with Gasteiger partial charge >= 0.3 is 0 Å². The summed E-state index contributed by atoms with van der Waals surface area (Å²) in [6.07, 6.45) is 1.60. The van der Waals surface area contributed by atoms with Gasteiger partial charge in [-0.3, -0.25) is 0 Å². The van der Waals surface area contributed by atoms with Crippen LogP contribution in [-0.4, -0.2) is 16.5 Å². The highest BCUT2D eigenvalue weighted by Gasteiger charge is 2.03. The average molecular weight is 243 g/mol. The lowest BCUT2D eigenvalue weighted by molar-refractivity contribution is 0.429. The highest BCUT2D eigenvalue weighted by atomic mass is 32.1. The van der Waals surface area contributed by atoms with E-state index in [1.165, 1.54) is 6.07 Å². The third kappa shape index (κ3) is 2.57. The third-order valence-electron chi connectivity index (χ3n) is 2.09. The van der Waals surface area contributed by atoms with Crippen LogP contribution in [0, 0.1) is 5.13 Å². The smallest absolute Gasteiger partial charge is 0.176 e. The number of nitrogens with zero attached hydrogens (tertiary/aromatic N) is 2. The minimum Gasteiger partial charge on any atom is -0.365 e. The van der Waals surface area contributed by atoms with Crippen molar-refractivity contribution >= 4 is 17.2 Å². The third-order valence-corrected chi connectivity index (χ3v) is 2.96. The summed E-state index contributed by atoms with van der Waals surface area (Å²) in [6, 6.07) is 4.92. The molecule has 0 aliphatic rings. The van der Waals surface area contributed by atoms with Crippen LogP contribution < -0.4 is 5.32 Å². The van der Waals surface area contributed by atoms with Crippen LogP contribution in [0.1, 0.15) is 4.88 Å². The first-order valence-corrected chi connectivity index (χ1v) is 5.67. The van der Waals surface area contributed by atoms with Gasteiger partial charge in [0.2, 0.25) is 0 Å². The molecule has 0 radical (unpaired) electrons. The van der Waals surface area contributed by atoms with E-state index in [-0.39, 0.29) is 11.7 Å². The van der Waals surface area contributed by atoms with E-state index in [1.807, 2.05) is 0 Å². The molecule has 0 aliphatic carbocycles. The van der Waals surface area contributed by atoms with Crippen molar-refractivity contribution in [3.8, 4) is 0 Å². The molecule has 2 aromatic rings. The van der Waals surface area contributed by atoms with Crippen molar-refractivity contribution in [3.05, 3.63) is 34.4 Å². The van der Waals surface area contributed by atoms with E-state index in [4.69, 9.17) is 0 Å². The van der Waals surface area contributed by atoms with Crippen molar-refractivity contribution in [1.29, 1.82) is 0 Å². The maximum Gasteiger partial charge on any atom is 0.176 e. The van der Waals surface area contributed by atoms with Gasteiger partial charge in [-0.05, 0) is 12.1 Å². The molecular weight excluding hydrogens is 232 g/mol. The molecule has 0 unspecified atom stereocenters. The van der Waals surface area contributed by atoms with Crippen molar-refractivity contribution in [1.82, 2.24) is 9.78 Å². The van der Waals surface area contributed by atoms with Crippen LogP contribution in [0.3, 0.4) is 0 Å². The summed E-state index contributed by atoms with van der Waals surface area (Å²) in [5, 5.41) is 6.85. The summed E-state index contributed by atoms with van der Waals surface area (Å²) in [7, 11) is 0. The number of aryl methyl sites for hydroxylation is 1. The average Bonchev–Trinajstić information content (AvgIpc) is 2.85. The number of nitrogens with one attached hydrogen (secondary N) is 1. The molecule has 3 nitrogen and oxygen atoms in total. The summed E-state index contributed by atoms with van der Waals surface area (Å²) in [6.45, 7) is 0.296. The molecule has 0 atom stereocenters. The standard InChI is InChI=1S/C10H11F2N3S/c11-4-6-15-10(3-5-14-15)13-7-8-1-2-9(12)16-8/h1-3,5,13H,4,6-7H2. The molecule has 6 heteroatoms. The Morgan fingerprint density at radius 1 is 1.38 bits per heavy atom. The summed E-state index contributed by atoms with van der Waals surface area (Å²) in [5.41, 5.74) is 0. The minimum atomic E-state index is -0.454. The Morgan fingerprint density at radius 2 is 2.25 bits per heavy atom. The molecule has 0 spiro atoms. The molecule has 0 amide bonds. The lowest BCUT2D eigenvalue weighted by Crippen LogP contribution is -2.08. The molecule has 0 aliphatic heterocycles. The van der Waals surface area contributed by atoms with Gasteiger partial charge in [0.15, 0.2) is 5.13 Å². The first kappa shape index (κ1) is 11.1. The fourth-order valence-electron chi connectivity index (χ4n) is 1.37. The number of halogens is 2. The number of thiophene rings is 1. The molecule has 0 fully saturated rings. The monoisotopic (exact) mass is 243 g/mol. The van der Waals surface area contributed by atoms with E-state index >= 15 is 0 Å². The van der Waals surface area contributed by atoms with Gasteiger partial charge in [-0.1, -0.05) is 0 Å². The minimum absolute atomic E-state index is 0.200. The second-order valence-corrected chi connectivity index (χ2v) is 4.31. The highest BCUT2D eigenvalue weighted by Crippen LogP contribution is 2.16. The van der Waals surface area contributed by atoms with Crippen LogP contribution in [0.5, 0.6) is 0 Å². The quantitative estimate of drug-likeness (QED) is 0.875. The molecular formula is C10H11F2N3S. The molecule has 86 valence electrons. The summed E-state index contributed by atoms with van der Waals surface area (Å²) in [4.78, 5) is 0.894. The Morgan fingerprint density at radius 3 is 2.94 bits per heavy atom. The molecule has 0 aromatic carbocycles. The molecule has 2 heterocycles. The number of alkyl halides is 1. The topological polar surface area (TPSA) is 29.9 Å². The second-order valence-electron chi connectivity index (χ2n) is 3.19. The second kappa shape index (κ2) is 5.07. The van der Waals surface area contributed by atoms with E-state index in [0.29, 0.717) is 6.54 Å². The van der Waals surface area contributed by atoms with Crippen LogP contribution in [0.2, 0.25) is 0 Å². The van der Waals surface area contributed by atoms with E-state index in [1.54, 1.807) is 23.0 Å². The first-order valence-electron chi connectivity index (χ1n) is 4.85. The summed E-state index contributed by atoms with van der Waals surface area (Å²) in [5.74, 6) is 0.742. The number of anilines is 1. The zero-order chi connectivity index (χ0) is 11.4. The predicted octanol–water partition coefficient (Wildman–Crippen LogP) is 2.67. The molecule has 1 N–H and O–H groups in total. The van der Waals surface area contributed by atoms with E-state index in [2.05, 4.69) is 10.4 Å². The molecule has 2 rings (SSSR count). The van der Waals surface area contributed by atoms with E-state index in [9.17, 15) is 8.78 Å². The summed E-state index contributed by atoms with van der Waals surface area (Å²) >= 11 is 1.10. The maximum atomic E-state index is 12.7. The van der Waals surface area contributed by atoms with Crippen molar-refractivity contribution < 1.29 is 8.78 Å². The lowest BCUT2D eigenvalue weighted by atomic mass is 10.4. The van der Waals surface area contributed by atoms with Gasteiger partial charge in [-0.2, -0.15) is 9.49 Å². The van der Waals surface area contributed by atoms with E-state index in [0.717, 1.165) is 22.0 Å². The van der Waals surface area contributed by atoms with Gasteiger partial charge in [0.25, 0.3) is 0 Å². The van der Waals surface area contributed by atoms with Crippen molar-refractivity contribution in [3.63, 3.8) is 0 Å². The Hall–Kier alpha value is -1.43. The largest absolute Gasteiger partial charge is 0.365 e. The highest BCUT2D eigenvalue weighted by molar-refractivity contribution is 7.10. The first-order chi connectivity index (χ1) is 7.79. The Balaban J connectivity index is 1.96. The van der Waals surface area contributed by atoms with Crippen LogP contribution >= 0.6 is 11.3 Å². The molecule has 0 saturated heterocycles.